The lowest BCUT2D eigenvalue weighted by molar-refractivity contribution is 0.0920. The number of nitrogens with one attached hydrogen (secondary N) is 1. The summed E-state index contributed by atoms with van der Waals surface area (Å²) in [7, 11) is 0. The molecule has 2 heterocycles. The van der Waals surface area contributed by atoms with Crippen molar-refractivity contribution in [3.8, 4) is 11.4 Å². The number of hydrogen-bond acceptors (Lipinski definition) is 4. The molecular weight excluding hydrogens is 378 g/mol. The van der Waals surface area contributed by atoms with E-state index in [-0.39, 0.29) is 23.2 Å². The Bertz CT molecular complexity index is 1300. The molecule has 1 aliphatic rings. The van der Waals surface area contributed by atoms with Gasteiger partial charge in [-0.25, -0.2) is 0 Å². The van der Waals surface area contributed by atoms with Crippen LogP contribution in [0.15, 0.2) is 83.7 Å². The van der Waals surface area contributed by atoms with Crippen molar-refractivity contribution in [3.05, 3.63) is 100 Å². The average molecular weight is 397 g/mol. The van der Waals surface area contributed by atoms with Gasteiger partial charge in [0, 0.05) is 17.4 Å². The first-order valence-corrected chi connectivity index (χ1v) is 9.82. The van der Waals surface area contributed by atoms with Crippen LogP contribution in [0.1, 0.15) is 28.5 Å². The zero-order valence-corrected chi connectivity index (χ0v) is 16.1. The minimum Gasteiger partial charge on any atom is -0.493 e. The van der Waals surface area contributed by atoms with Gasteiger partial charge in [-0.3, -0.25) is 9.59 Å². The lowest BCUT2D eigenvalue weighted by Crippen LogP contribution is -2.34. The van der Waals surface area contributed by atoms with E-state index in [2.05, 4.69) is 10.4 Å². The Hall–Kier alpha value is -3.93. The number of fused-ring (bicyclic) bond motifs is 2. The van der Waals surface area contributed by atoms with Gasteiger partial charge < -0.3 is 10.1 Å². The van der Waals surface area contributed by atoms with E-state index in [1.807, 2.05) is 42.5 Å². The molecule has 6 nitrogen and oxygen atoms in total. The minimum absolute atomic E-state index is 0.180. The highest BCUT2D eigenvalue weighted by molar-refractivity contribution is 6.05. The summed E-state index contributed by atoms with van der Waals surface area (Å²) >= 11 is 0. The fourth-order valence-electron chi connectivity index (χ4n) is 3.82. The Kier molecular flexibility index (Phi) is 4.52. The Morgan fingerprint density at radius 3 is 2.47 bits per heavy atom. The summed E-state index contributed by atoms with van der Waals surface area (Å²) < 4.78 is 6.98. The molecule has 0 aliphatic carbocycles. The van der Waals surface area contributed by atoms with Crippen molar-refractivity contribution < 1.29 is 9.53 Å². The predicted octanol–water partition coefficient (Wildman–Crippen LogP) is 3.64. The number of para-hydroxylation sites is 2. The molecule has 0 saturated carbocycles. The molecule has 5 rings (SSSR count). The summed E-state index contributed by atoms with van der Waals surface area (Å²) in [6.07, 6.45) is 0.666. The van der Waals surface area contributed by atoms with E-state index in [0.29, 0.717) is 29.5 Å². The molecule has 0 saturated heterocycles. The average Bonchev–Trinajstić information content (AvgIpc) is 2.80. The molecule has 4 aromatic rings. The van der Waals surface area contributed by atoms with Crippen LogP contribution in [0.3, 0.4) is 0 Å². The van der Waals surface area contributed by atoms with Gasteiger partial charge in [0.25, 0.3) is 11.5 Å². The van der Waals surface area contributed by atoms with Crippen LogP contribution in [0, 0.1) is 0 Å². The van der Waals surface area contributed by atoms with Crippen LogP contribution in [0.5, 0.6) is 5.75 Å². The summed E-state index contributed by atoms with van der Waals surface area (Å²) in [6.45, 7) is 0.527. The van der Waals surface area contributed by atoms with Crippen LogP contribution in [0.2, 0.25) is 0 Å². The van der Waals surface area contributed by atoms with Crippen LogP contribution in [-0.2, 0) is 0 Å². The largest absolute Gasteiger partial charge is 0.493 e. The first-order chi connectivity index (χ1) is 14.7. The normalized spacial score (nSPS) is 15.3. The zero-order valence-electron chi connectivity index (χ0n) is 16.1. The number of benzene rings is 3. The monoisotopic (exact) mass is 397 g/mol. The van der Waals surface area contributed by atoms with Gasteiger partial charge in [0.15, 0.2) is 5.69 Å². The number of hydrogen-bond donors (Lipinski definition) is 1. The summed E-state index contributed by atoms with van der Waals surface area (Å²) in [5.41, 5.74) is 1.51. The van der Waals surface area contributed by atoms with Gasteiger partial charge in [0.1, 0.15) is 5.75 Å². The molecule has 1 aliphatic heterocycles. The van der Waals surface area contributed by atoms with E-state index in [0.717, 1.165) is 11.3 Å². The zero-order chi connectivity index (χ0) is 20.5. The van der Waals surface area contributed by atoms with Gasteiger partial charge >= 0.3 is 0 Å². The molecule has 3 aromatic carbocycles. The fraction of sp³-hybridized carbons (Fsp3) is 0.125. The third-order valence-corrected chi connectivity index (χ3v) is 5.28. The van der Waals surface area contributed by atoms with Gasteiger partial charge in [-0.1, -0.05) is 54.6 Å². The third-order valence-electron chi connectivity index (χ3n) is 5.28. The second-order valence-corrected chi connectivity index (χ2v) is 7.15. The molecule has 0 radical (unpaired) electrons. The van der Waals surface area contributed by atoms with Crippen molar-refractivity contribution in [3.63, 3.8) is 0 Å². The first-order valence-electron chi connectivity index (χ1n) is 9.82. The lowest BCUT2D eigenvalue weighted by Gasteiger charge is -2.26. The SMILES string of the molecule is O=C(N[C@H]1CCOc2ccccc21)c1nn(-c2ccccc2)c(=O)c2ccccc12. The Balaban J connectivity index is 1.60. The highest BCUT2D eigenvalue weighted by Gasteiger charge is 2.25. The van der Waals surface area contributed by atoms with Gasteiger partial charge in [-0.05, 0) is 24.3 Å². The topological polar surface area (TPSA) is 73.2 Å². The van der Waals surface area contributed by atoms with Gasteiger partial charge in [0.05, 0.1) is 23.7 Å². The van der Waals surface area contributed by atoms with Crippen molar-refractivity contribution >= 4 is 16.7 Å². The Labute approximate surface area is 172 Å². The molecular formula is C24H19N3O3. The molecule has 1 aromatic heterocycles. The molecule has 1 amide bonds. The molecule has 0 fully saturated rings. The number of rotatable bonds is 3. The number of amides is 1. The number of carbonyl (C=O) groups is 1. The summed E-state index contributed by atoms with van der Waals surface area (Å²) in [5.74, 6) is 0.457. The van der Waals surface area contributed by atoms with Crippen LogP contribution in [0.25, 0.3) is 16.5 Å². The van der Waals surface area contributed by atoms with Crippen LogP contribution in [0.4, 0.5) is 0 Å². The van der Waals surface area contributed by atoms with Gasteiger partial charge in [-0.2, -0.15) is 9.78 Å². The van der Waals surface area contributed by atoms with Gasteiger partial charge in [0.2, 0.25) is 0 Å². The number of nitrogens with zero attached hydrogens (tertiary/aromatic N) is 2. The molecule has 148 valence electrons. The van der Waals surface area contributed by atoms with E-state index in [1.54, 1.807) is 36.4 Å². The van der Waals surface area contributed by atoms with Crippen molar-refractivity contribution in [2.75, 3.05) is 6.61 Å². The van der Waals surface area contributed by atoms with Crippen LogP contribution < -0.4 is 15.6 Å². The van der Waals surface area contributed by atoms with Crippen molar-refractivity contribution in [2.24, 2.45) is 0 Å². The summed E-state index contributed by atoms with van der Waals surface area (Å²) in [6, 6.07) is 23.7. The van der Waals surface area contributed by atoms with Crippen LogP contribution in [-0.4, -0.2) is 22.3 Å². The van der Waals surface area contributed by atoms with Crippen molar-refractivity contribution in [1.29, 1.82) is 0 Å². The third kappa shape index (κ3) is 3.12. The number of carbonyl (C=O) groups excluding carboxylic acids is 1. The standard InChI is InChI=1S/C24H19N3O3/c28-23(25-20-14-15-30-21-13-7-6-12-19(20)21)22-17-10-4-5-11-18(17)24(29)27(26-22)16-8-2-1-3-9-16/h1-13,20H,14-15H2,(H,25,28)/t20-/m0/s1. The molecule has 0 unspecified atom stereocenters. The van der Waals surface area contributed by atoms with Gasteiger partial charge in [-0.15, -0.1) is 0 Å². The lowest BCUT2D eigenvalue weighted by atomic mass is 10.00. The highest BCUT2D eigenvalue weighted by atomic mass is 16.5. The van der Waals surface area contributed by atoms with Crippen molar-refractivity contribution in [2.45, 2.75) is 12.5 Å². The smallest absolute Gasteiger partial charge is 0.279 e. The summed E-state index contributed by atoms with van der Waals surface area (Å²) in [4.78, 5) is 26.3. The first kappa shape index (κ1) is 18.1. The second-order valence-electron chi connectivity index (χ2n) is 7.15. The maximum absolute atomic E-state index is 13.3. The van der Waals surface area contributed by atoms with E-state index in [1.165, 1.54) is 4.68 Å². The predicted molar refractivity (Wildman–Crippen MR) is 114 cm³/mol. The number of ether oxygens (including phenoxy) is 1. The molecule has 0 spiro atoms. The minimum atomic E-state index is -0.322. The van der Waals surface area contributed by atoms with E-state index < -0.39 is 0 Å². The van der Waals surface area contributed by atoms with E-state index >= 15 is 0 Å². The molecule has 0 bridgehead atoms. The fourth-order valence-corrected chi connectivity index (χ4v) is 3.82. The summed E-state index contributed by atoms with van der Waals surface area (Å²) in [5, 5.41) is 8.53. The Morgan fingerprint density at radius 1 is 0.933 bits per heavy atom. The highest BCUT2D eigenvalue weighted by Crippen LogP contribution is 2.31. The quantitative estimate of drug-likeness (QED) is 0.573. The maximum Gasteiger partial charge on any atom is 0.279 e. The number of aromatic nitrogens is 2. The molecule has 6 heteroatoms. The molecule has 1 N–H and O–H groups in total. The maximum atomic E-state index is 13.3. The van der Waals surface area contributed by atoms with E-state index in [9.17, 15) is 9.59 Å². The van der Waals surface area contributed by atoms with E-state index in [4.69, 9.17) is 4.74 Å². The Morgan fingerprint density at radius 2 is 1.63 bits per heavy atom. The second kappa shape index (κ2) is 7.48. The molecule has 30 heavy (non-hydrogen) atoms. The van der Waals surface area contributed by atoms with Crippen molar-refractivity contribution in [1.82, 2.24) is 15.1 Å². The van der Waals surface area contributed by atoms with Crippen LogP contribution >= 0.6 is 0 Å². The molecule has 1 atom stereocenters.